The molecule has 3 aliphatic heterocycles. The molecule has 0 spiro atoms. The van der Waals surface area contributed by atoms with Gasteiger partial charge in [-0.2, -0.15) is 13.2 Å². The zero-order valence-electron chi connectivity index (χ0n) is 8.85. The van der Waals surface area contributed by atoms with Crippen LogP contribution in [0.15, 0.2) is 18.3 Å². The van der Waals surface area contributed by atoms with E-state index in [1.165, 1.54) is 6.20 Å². The zero-order chi connectivity index (χ0) is 11.8. The van der Waals surface area contributed by atoms with Crippen LogP contribution in [0.25, 0.3) is 0 Å². The molecule has 1 aromatic heterocycles. The van der Waals surface area contributed by atoms with Gasteiger partial charge in [0.05, 0.1) is 11.6 Å². The van der Waals surface area contributed by atoms with Gasteiger partial charge in [0, 0.05) is 31.4 Å². The highest BCUT2D eigenvalue weighted by Crippen LogP contribution is 2.50. The molecule has 4 rings (SSSR count). The Morgan fingerprint density at radius 2 is 2.06 bits per heavy atom. The summed E-state index contributed by atoms with van der Waals surface area (Å²) < 4.78 is 37.8. The molecule has 3 saturated heterocycles. The number of alkyl halides is 3. The molecule has 3 fully saturated rings. The van der Waals surface area contributed by atoms with Crippen LogP contribution >= 0.6 is 0 Å². The molecule has 0 aromatic carbocycles. The van der Waals surface area contributed by atoms with Crippen LogP contribution in [0.4, 0.5) is 19.0 Å². The van der Waals surface area contributed by atoms with Crippen molar-refractivity contribution < 1.29 is 13.2 Å². The van der Waals surface area contributed by atoms with Crippen molar-refractivity contribution in [3.63, 3.8) is 0 Å². The second-order valence-electron chi connectivity index (χ2n) is 4.87. The van der Waals surface area contributed by atoms with E-state index in [0.717, 1.165) is 25.2 Å². The lowest BCUT2D eigenvalue weighted by Gasteiger charge is -2.38. The van der Waals surface area contributed by atoms with Crippen molar-refractivity contribution in [2.45, 2.75) is 24.3 Å². The van der Waals surface area contributed by atoms with Crippen LogP contribution in [-0.2, 0) is 6.18 Å². The first-order valence-corrected chi connectivity index (χ1v) is 5.61. The first-order chi connectivity index (χ1) is 8.05. The predicted octanol–water partition coefficient (Wildman–Crippen LogP) is 1.36. The predicted molar refractivity (Wildman–Crippen MR) is 54.7 cm³/mol. The number of hydrogen-bond acceptors (Lipinski definition) is 3. The molecule has 3 nitrogen and oxygen atoms in total. The van der Waals surface area contributed by atoms with Gasteiger partial charge in [0.15, 0.2) is 0 Å². The molecule has 4 heterocycles. The third kappa shape index (κ3) is 1.19. The highest BCUT2D eigenvalue weighted by Gasteiger charge is 2.68. The van der Waals surface area contributed by atoms with Crippen molar-refractivity contribution in [3.8, 4) is 0 Å². The molecule has 0 N–H and O–H groups in total. The molecular formula is C11H10F3N3. The summed E-state index contributed by atoms with van der Waals surface area (Å²) in [5, 5.41) is 0. The summed E-state index contributed by atoms with van der Waals surface area (Å²) in [4.78, 5) is 8.46. The Balaban J connectivity index is 1.66. The smallest absolute Gasteiger partial charge is 0.349 e. The lowest BCUT2D eigenvalue weighted by molar-refractivity contribution is -0.137. The molecular weight excluding hydrogens is 231 g/mol. The highest BCUT2D eigenvalue weighted by molar-refractivity contribution is 5.51. The Hall–Kier alpha value is -1.30. The number of pyridine rings is 1. The Morgan fingerprint density at radius 3 is 2.65 bits per heavy atom. The monoisotopic (exact) mass is 241 g/mol. The minimum Gasteiger partial charge on any atom is -0.349 e. The van der Waals surface area contributed by atoms with Gasteiger partial charge in [-0.05, 0) is 12.1 Å². The van der Waals surface area contributed by atoms with Gasteiger partial charge in [-0.3, -0.25) is 4.90 Å². The molecule has 6 heteroatoms. The van der Waals surface area contributed by atoms with E-state index in [1.54, 1.807) is 0 Å². The van der Waals surface area contributed by atoms with Gasteiger partial charge in [-0.15, -0.1) is 0 Å². The largest absolute Gasteiger partial charge is 0.416 e. The molecule has 1 aromatic rings. The number of nitrogens with zero attached hydrogens (tertiary/aromatic N) is 3. The van der Waals surface area contributed by atoms with Crippen LogP contribution in [0.5, 0.6) is 0 Å². The second kappa shape index (κ2) is 2.75. The number of halogens is 3. The van der Waals surface area contributed by atoms with E-state index >= 15 is 0 Å². The van der Waals surface area contributed by atoms with E-state index in [2.05, 4.69) is 9.88 Å². The average Bonchev–Trinajstić information content (AvgIpc) is 2.69. The minimum absolute atomic E-state index is 0.385. The maximum atomic E-state index is 12.6. The fourth-order valence-corrected chi connectivity index (χ4v) is 3.12. The summed E-state index contributed by atoms with van der Waals surface area (Å²) in [5.41, 5.74) is -0.612. The van der Waals surface area contributed by atoms with Crippen molar-refractivity contribution in [1.82, 2.24) is 9.88 Å². The van der Waals surface area contributed by atoms with Gasteiger partial charge in [0.25, 0.3) is 0 Å². The van der Waals surface area contributed by atoms with E-state index in [1.807, 2.05) is 4.90 Å². The van der Waals surface area contributed by atoms with Gasteiger partial charge >= 0.3 is 6.18 Å². The van der Waals surface area contributed by atoms with Crippen molar-refractivity contribution in [1.29, 1.82) is 0 Å². The lowest BCUT2D eigenvalue weighted by atomic mass is 10.1. The molecule has 4 atom stereocenters. The Bertz CT molecular complexity index is 483. The van der Waals surface area contributed by atoms with Crippen LogP contribution in [0.2, 0.25) is 0 Å². The Kier molecular flexibility index (Phi) is 1.57. The van der Waals surface area contributed by atoms with Crippen molar-refractivity contribution in [2.75, 3.05) is 18.0 Å². The quantitative estimate of drug-likeness (QED) is 0.692. The topological polar surface area (TPSA) is 19.1 Å². The van der Waals surface area contributed by atoms with Crippen LogP contribution in [0, 0.1) is 0 Å². The van der Waals surface area contributed by atoms with Crippen LogP contribution in [0.1, 0.15) is 5.56 Å². The van der Waals surface area contributed by atoms with Crippen LogP contribution < -0.4 is 4.90 Å². The maximum absolute atomic E-state index is 12.6. The van der Waals surface area contributed by atoms with E-state index in [0.29, 0.717) is 23.9 Å². The summed E-state index contributed by atoms with van der Waals surface area (Å²) in [6.45, 7) is 1.80. The maximum Gasteiger partial charge on any atom is 0.416 e. The van der Waals surface area contributed by atoms with Gasteiger partial charge < -0.3 is 4.90 Å². The Morgan fingerprint density at radius 1 is 1.24 bits per heavy atom. The summed E-state index contributed by atoms with van der Waals surface area (Å²) in [6.07, 6.45) is -3.04. The summed E-state index contributed by atoms with van der Waals surface area (Å²) in [6, 6.07) is 3.72. The molecule has 0 aliphatic carbocycles. The summed E-state index contributed by atoms with van der Waals surface area (Å²) in [5.74, 6) is 0.469. The number of hydrogen-bond donors (Lipinski definition) is 0. The number of piperazine rings is 2. The third-order valence-electron chi connectivity index (χ3n) is 4.06. The van der Waals surface area contributed by atoms with E-state index in [4.69, 9.17) is 0 Å². The van der Waals surface area contributed by atoms with E-state index in [9.17, 15) is 13.2 Å². The minimum atomic E-state index is -4.29. The van der Waals surface area contributed by atoms with Crippen LogP contribution in [0.3, 0.4) is 0 Å². The standard InChI is InChI=1S/C11H10F3N3/c12-11(13,14)6-1-2-15-9(3-6)16-4-8-10-7(16)5-17(8)10/h1-3,7-8,10H,4-5H2/t7-,8-,10?,17?/m1/s1. The summed E-state index contributed by atoms with van der Waals surface area (Å²) in [7, 11) is 0. The van der Waals surface area contributed by atoms with Crippen molar-refractivity contribution >= 4 is 5.82 Å². The highest BCUT2D eigenvalue weighted by atomic mass is 19.4. The van der Waals surface area contributed by atoms with Gasteiger partial charge in [0.1, 0.15) is 5.82 Å². The summed E-state index contributed by atoms with van der Waals surface area (Å²) >= 11 is 0. The fourth-order valence-electron chi connectivity index (χ4n) is 3.12. The number of rotatable bonds is 1. The second-order valence-corrected chi connectivity index (χ2v) is 4.87. The zero-order valence-corrected chi connectivity index (χ0v) is 8.85. The van der Waals surface area contributed by atoms with E-state index in [-0.39, 0.29) is 0 Å². The number of anilines is 1. The number of aromatic nitrogens is 1. The fraction of sp³-hybridized carbons (Fsp3) is 0.545. The van der Waals surface area contributed by atoms with Gasteiger partial charge in [0.2, 0.25) is 0 Å². The Labute approximate surface area is 95.8 Å². The molecule has 0 bridgehead atoms. The molecule has 0 radical (unpaired) electrons. The molecule has 0 saturated carbocycles. The molecule has 2 unspecified atom stereocenters. The SMILES string of the molecule is FC(F)(F)c1ccnc(N2C[C@@H]3C4[C@H]2CN43)c1. The molecule has 3 aliphatic rings. The van der Waals surface area contributed by atoms with Crippen molar-refractivity contribution in [3.05, 3.63) is 23.9 Å². The first kappa shape index (κ1) is 9.70. The molecule has 0 amide bonds. The van der Waals surface area contributed by atoms with Crippen molar-refractivity contribution in [2.24, 2.45) is 0 Å². The normalized spacial score (nSPS) is 37.7. The molecule has 90 valence electrons. The lowest BCUT2D eigenvalue weighted by Crippen LogP contribution is -2.52. The van der Waals surface area contributed by atoms with Crippen LogP contribution in [-0.4, -0.2) is 41.1 Å². The van der Waals surface area contributed by atoms with Gasteiger partial charge in [-0.25, -0.2) is 4.98 Å². The third-order valence-corrected chi connectivity index (χ3v) is 4.06. The first-order valence-electron chi connectivity index (χ1n) is 5.61. The number of fused-ring (bicyclic) bond motifs is 1. The van der Waals surface area contributed by atoms with Gasteiger partial charge in [-0.1, -0.05) is 0 Å². The average molecular weight is 241 g/mol. The van der Waals surface area contributed by atoms with E-state index < -0.39 is 11.7 Å². The molecule has 17 heavy (non-hydrogen) atoms.